The van der Waals surface area contributed by atoms with Gasteiger partial charge in [-0.15, -0.1) is 0 Å². The highest BCUT2D eigenvalue weighted by Crippen LogP contribution is 2.23. The average Bonchev–Trinajstić information content (AvgIpc) is 2.81. The largest absolute Gasteiger partial charge is 0.496 e. The zero-order valence-corrected chi connectivity index (χ0v) is 10.7. The van der Waals surface area contributed by atoms with Gasteiger partial charge in [-0.2, -0.15) is 0 Å². The number of benzene rings is 1. The van der Waals surface area contributed by atoms with E-state index < -0.39 is 0 Å². The van der Waals surface area contributed by atoms with E-state index in [4.69, 9.17) is 16.3 Å². The molecule has 0 radical (unpaired) electrons. The van der Waals surface area contributed by atoms with Crippen LogP contribution in [0.3, 0.4) is 0 Å². The third kappa shape index (κ3) is 2.99. The standard InChI is InChI=1S/C13H16ClNO2/c1-17-13-5-4-10(14)8-11(13)12(16)9-15-6-2-3-7-15/h4-5,8H,2-3,6-7,9H2,1H3. The lowest BCUT2D eigenvalue weighted by molar-refractivity contribution is 0.0942. The first-order valence-electron chi connectivity index (χ1n) is 5.80. The molecule has 1 aliphatic heterocycles. The van der Waals surface area contributed by atoms with Crippen molar-refractivity contribution < 1.29 is 9.53 Å². The van der Waals surface area contributed by atoms with Crippen LogP contribution in [0.5, 0.6) is 5.75 Å². The molecule has 92 valence electrons. The molecule has 1 aromatic carbocycles. The maximum atomic E-state index is 12.2. The van der Waals surface area contributed by atoms with E-state index in [9.17, 15) is 4.79 Å². The third-order valence-electron chi connectivity index (χ3n) is 3.03. The van der Waals surface area contributed by atoms with Crippen LogP contribution in [0, 0.1) is 0 Å². The van der Waals surface area contributed by atoms with Crippen molar-refractivity contribution in [1.29, 1.82) is 0 Å². The van der Waals surface area contributed by atoms with Crippen molar-refractivity contribution in [3.63, 3.8) is 0 Å². The zero-order chi connectivity index (χ0) is 12.3. The van der Waals surface area contributed by atoms with E-state index in [-0.39, 0.29) is 5.78 Å². The van der Waals surface area contributed by atoms with Crippen molar-refractivity contribution in [3.05, 3.63) is 28.8 Å². The number of Topliss-reactive ketones (excluding diaryl/α,β-unsaturated/α-hetero) is 1. The van der Waals surface area contributed by atoms with Crippen LogP contribution >= 0.6 is 11.6 Å². The summed E-state index contributed by atoms with van der Waals surface area (Å²) in [5.74, 6) is 0.671. The van der Waals surface area contributed by atoms with Crippen LogP contribution in [0.1, 0.15) is 23.2 Å². The summed E-state index contributed by atoms with van der Waals surface area (Å²) in [5.41, 5.74) is 0.576. The SMILES string of the molecule is COc1ccc(Cl)cc1C(=O)CN1CCCC1. The van der Waals surface area contributed by atoms with Gasteiger partial charge in [-0.05, 0) is 44.1 Å². The van der Waals surface area contributed by atoms with Crippen molar-refractivity contribution >= 4 is 17.4 Å². The average molecular weight is 254 g/mol. The lowest BCUT2D eigenvalue weighted by atomic mass is 10.1. The maximum Gasteiger partial charge on any atom is 0.180 e. The number of carbonyl (C=O) groups excluding carboxylic acids is 1. The Labute approximate surface area is 106 Å². The minimum absolute atomic E-state index is 0.0752. The first-order chi connectivity index (χ1) is 8.20. The van der Waals surface area contributed by atoms with E-state index in [0.717, 1.165) is 13.1 Å². The molecular weight excluding hydrogens is 238 g/mol. The zero-order valence-electron chi connectivity index (χ0n) is 9.91. The Morgan fingerprint density at radius 2 is 2.12 bits per heavy atom. The van der Waals surface area contributed by atoms with Gasteiger partial charge >= 0.3 is 0 Å². The Morgan fingerprint density at radius 3 is 2.76 bits per heavy atom. The van der Waals surface area contributed by atoms with E-state index in [1.54, 1.807) is 25.3 Å². The van der Waals surface area contributed by atoms with Gasteiger partial charge in [-0.1, -0.05) is 11.6 Å². The van der Waals surface area contributed by atoms with Crippen molar-refractivity contribution in [2.75, 3.05) is 26.7 Å². The fourth-order valence-corrected chi connectivity index (χ4v) is 2.30. The molecule has 0 spiro atoms. The number of nitrogens with zero attached hydrogens (tertiary/aromatic N) is 1. The fourth-order valence-electron chi connectivity index (χ4n) is 2.13. The van der Waals surface area contributed by atoms with E-state index in [2.05, 4.69) is 4.90 Å². The molecule has 0 aliphatic carbocycles. The minimum atomic E-state index is 0.0752. The normalized spacial score (nSPS) is 16.1. The Bertz CT molecular complexity index is 414. The van der Waals surface area contributed by atoms with Crippen molar-refractivity contribution in [2.24, 2.45) is 0 Å². The van der Waals surface area contributed by atoms with Gasteiger partial charge in [-0.25, -0.2) is 0 Å². The van der Waals surface area contributed by atoms with Crippen LogP contribution in [0.25, 0.3) is 0 Å². The summed E-state index contributed by atoms with van der Waals surface area (Å²) in [5, 5.41) is 0.565. The summed E-state index contributed by atoms with van der Waals surface area (Å²) >= 11 is 5.91. The molecule has 0 bridgehead atoms. The van der Waals surface area contributed by atoms with Gasteiger partial charge in [0.05, 0.1) is 19.2 Å². The number of hydrogen-bond acceptors (Lipinski definition) is 3. The Morgan fingerprint density at radius 1 is 1.41 bits per heavy atom. The van der Waals surface area contributed by atoms with Gasteiger partial charge < -0.3 is 4.74 Å². The van der Waals surface area contributed by atoms with Gasteiger partial charge in [-0.3, -0.25) is 9.69 Å². The van der Waals surface area contributed by atoms with Crippen LogP contribution in [0.4, 0.5) is 0 Å². The van der Waals surface area contributed by atoms with Crippen LogP contribution in [-0.4, -0.2) is 37.4 Å². The Balaban J connectivity index is 2.14. The number of likely N-dealkylation sites (tertiary alicyclic amines) is 1. The third-order valence-corrected chi connectivity index (χ3v) is 3.26. The molecule has 0 atom stereocenters. The topological polar surface area (TPSA) is 29.5 Å². The highest BCUT2D eigenvalue weighted by Gasteiger charge is 2.19. The molecule has 1 saturated heterocycles. The highest BCUT2D eigenvalue weighted by atomic mass is 35.5. The number of carbonyl (C=O) groups is 1. The number of halogens is 1. The monoisotopic (exact) mass is 253 g/mol. The van der Waals surface area contributed by atoms with E-state index in [1.165, 1.54) is 12.8 Å². The molecule has 0 aromatic heterocycles. The van der Waals surface area contributed by atoms with Gasteiger partial charge in [0.1, 0.15) is 5.75 Å². The lowest BCUT2D eigenvalue weighted by Gasteiger charge is -2.14. The molecule has 0 amide bonds. The van der Waals surface area contributed by atoms with Crippen LogP contribution < -0.4 is 4.74 Å². The molecule has 17 heavy (non-hydrogen) atoms. The van der Waals surface area contributed by atoms with Crippen molar-refractivity contribution in [1.82, 2.24) is 4.90 Å². The van der Waals surface area contributed by atoms with Gasteiger partial charge in [0.25, 0.3) is 0 Å². The highest BCUT2D eigenvalue weighted by molar-refractivity contribution is 6.31. The van der Waals surface area contributed by atoms with Gasteiger partial charge in [0, 0.05) is 5.02 Å². The molecule has 3 nitrogen and oxygen atoms in total. The fraction of sp³-hybridized carbons (Fsp3) is 0.462. The van der Waals surface area contributed by atoms with E-state index in [1.807, 2.05) is 0 Å². The van der Waals surface area contributed by atoms with E-state index in [0.29, 0.717) is 22.9 Å². The second-order valence-corrected chi connectivity index (χ2v) is 4.69. The molecule has 1 aromatic rings. The minimum Gasteiger partial charge on any atom is -0.496 e. The number of ether oxygens (including phenoxy) is 1. The summed E-state index contributed by atoms with van der Waals surface area (Å²) < 4.78 is 5.19. The van der Waals surface area contributed by atoms with Crippen LogP contribution in [0.15, 0.2) is 18.2 Å². The Hall–Kier alpha value is -1.06. The van der Waals surface area contributed by atoms with Crippen molar-refractivity contribution in [3.8, 4) is 5.75 Å². The second-order valence-electron chi connectivity index (χ2n) is 4.25. The number of methoxy groups -OCH3 is 1. The molecular formula is C13H16ClNO2. The predicted octanol–water partition coefficient (Wildman–Crippen LogP) is 2.63. The van der Waals surface area contributed by atoms with E-state index >= 15 is 0 Å². The molecule has 2 rings (SSSR count). The lowest BCUT2D eigenvalue weighted by Crippen LogP contribution is -2.27. The molecule has 0 N–H and O–H groups in total. The van der Waals surface area contributed by atoms with Crippen LogP contribution in [0.2, 0.25) is 5.02 Å². The summed E-state index contributed by atoms with van der Waals surface area (Å²) in [4.78, 5) is 14.3. The smallest absolute Gasteiger partial charge is 0.180 e. The summed E-state index contributed by atoms with van der Waals surface area (Å²) in [6, 6.07) is 5.14. The summed E-state index contributed by atoms with van der Waals surface area (Å²) in [6.45, 7) is 2.47. The number of rotatable bonds is 4. The predicted molar refractivity (Wildman–Crippen MR) is 68.0 cm³/mol. The summed E-state index contributed by atoms with van der Waals surface area (Å²) in [6.07, 6.45) is 2.36. The second kappa shape index (κ2) is 5.52. The van der Waals surface area contributed by atoms with Gasteiger partial charge in [0.2, 0.25) is 0 Å². The maximum absolute atomic E-state index is 12.2. The molecule has 1 aliphatic rings. The molecule has 1 heterocycles. The number of hydrogen-bond donors (Lipinski definition) is 0. The van der Waals surface area contributed by atoms with Crippen LogP contribution in [-0.2, 0) is 0 Å². The molecule has 0 unspecified atom stereocenters. The quantitative estimate of drug-likeness (QED) is 0.773. The van der Waals surface area contributed by atoms with Crippen molar-refractivity contribution in [2.45, 2.75) is 12.8 Å². The molecule has 1 fully saturated rings. The number of ketones is 1. The first-order valence-corrected chi connectivity index (χ1v) is 6.17. The molecule has 0 saturated carbocycles. The van der Waals surface area contributed by atoms with Gasteiger partial charge in [0.15, 0.2) is 5.78 Å². The summed E-state index contributed by atoms with van der Waals surface area (Å²) in [7, 11) is 1.57. The molecule has 4 heteroatoms. The first kappa shape index (κ1) is 12.4. The Kier molecular flexibility index (Phi) is 4.02.